The van der Waals surface area contributed by atoms with E-state index in [4.69, 9.17) is 4.74 Å². The van der Waals surface area contributed by atoms with Crippen molar-refractivity contribution in [3.8, 4) is 5.75 Å². The first kappa shape index (κ1) is 18.1. The second kappa shape index (κ2) is 9.17. The summed E-state index contributed by atoms with van der Waals surface area (Å²) in [6, 6.07) is 13.1. The molecule has 0 aliphatic carbocycles. The molecule has 2 aromatic rings. The Morgan fingerprint density at radius 1 is 1.08 bits per heavy atom. The van der Waals surface area contributed by atoms with E-state index in [9.17, 15) is 14.0 Å². The number of likely N-dealkylation sites (N-methyl/N-ethyl adjacent to an activating group) is 1. The first-order valence-electron chi connectivity index (χ1n) is 7.67. The molecule has 0 saturated carbocycles. The van der Waals surface area contributed by atoms with Crippen LogP contribution in [0.1, 0.15) is 18.1 Å². The monoisotopic (exact) mass is 343 g/mol. The maximum absolute atomic E-state index is 12.8. The highest BCUT2D eigenvalue weighted by Gasteiger charge is 2.09. The Bertz CT molecular complexity index is 743. The van der Waals surface area contributed by atoms with E-state index in [1.165, 1.54) is 18.3 Å². The molecule has 2 aromatic carbocycles. The number of hydrogen-bond acceptors (Lipinski definition) is 4. The molecule has 0 aromatic heterocycles. The molecule has 2 N–H and O–H groups in total. The lowest BCUT2D eigenvalue weighted by molar-refractivity contribution is -0.139. The molecule has 0 aliphatic rings. The van der Waals surface area contributed by atoms with Crippen LogP contribution in [0.5, 0.6) is 5.75 Å². The van der Waals surface area contributed by atoms with Gasteiger partial charge in [0, 0.05) is 6.54 Å². The fourth-order valence-corrected chi connectivity index (χ4v) is 1.85. The number of hydrogen-bond donors (Lipinski definition) is 2. The van der Waals surface area contributed by atoms with Crippen molar-refractivity contribution >= 4 is 18.0 Å². The van der Waals surface area contributed by atoms with Gasteiger partial charge in [-0.25, -0.2) is 9.82 Å². The molecule has 0 bridgehead atoms. The van der Waals surface area contributed by atoms with Gasteiger partial charge in [0.2, 0.25) is 0 Å². The summed E-state index contributed by atoms with van der Waals surface area (Å²) in [5.74, 6) is -1.19. The number of nitrogens with one attached hydrogen (secondary N) is 2. The van der Waals surface area contributed by atoms with Gasteiger partial charge in [-0.2, -0.15) is 5.10 Å². The van der Waals surface area contributed by atoms with Gasteiger partial charge in [-0.1, -0.05) is 12.1 Å². The Kier molecular flexibility index (Phi) is 6.65. The number of hydrazone groups is 1. The second-order valence-corrected chi connectivity index (χ2v) is 5.04. The molecule has 0 saturated heterocycles. The van der Waals surface area contributed by atoms with Gasteiger partial charge in [0.1, 0.15) is 18.2 Å². The molecule has 0 unspecified atom stereocenters. The third kappa shape index (κ3) is 6.06. The minimum Gasteiger partial charge on any atom is -0.489 e. The highest BCUT2D eigenvalue weighted by Crippen LogP contribution is 2.13. The van der Waals surface area contributed by atoms with Crippen LogP contribution in [0.15, 0.2) is 53.6 Å². The van der Waals surface area contributed by atoms with Crippen LogP contribution in [-0.4, -0.2) is 24.6 Å². The summed E-state index contributed by atoms with van der Waals surface area (Å²) < 4.78 is 18.4. The van der Waals surface area contributed by atoms with E-state index in [0.29, 0.717) is 18.9 Å². The lowest BCUT2D eigenvalue weighted by Crippen LogP contribution is -2.37. The van der Waals surface area contributed by atoms with Crippen molar-refractivity contribution in [1.29, 1.82) is 0 Å². The van der Waals surface area contributed by atoms with Crippen molar-refractivity contribution < 1.29 is 18.7 Å². The van der Waals surface area contributed by atoms with Crippen LogP contribution in [0.4, 0.5) is 4.39 Å². The first-order chi connectivity index (χ1) is 12.1. The number of rotatable bonds is 6. The van der Waals surface area contributed by atoms with E-state index >= 15 is 0 Å². The summed E-state index contributed by atoms with van der Waals surface area (Å²) in [7, 11) is 0. The minimum atomic E-state index is -0.822. The van der Waals surface area contributed by atoms with Crippen LogP contribution < -0.4 is 15.5 Å². The largest absolute Gasteiger partial charge is 0.489 e. The van der Waals surface area contributed by atoms with E-state index in [1.54, 1.807) is 43.3 Å². The number of carbonyl (C=O) groups excluding carboxylic acids is 2. The van der Waals surface area contributed by atoms with Gasteiger partial charge in [-0.3, -0.25) is 9.59 Å². The molecule has 2 amide bonds. The lowest BCUT2D eigenvalue weighted by Gasteiger charge is -2.06. The van der Waals surface area contributed by atoms with Crippen molar-refractivity contribution in [1.82, 2.24) is 10.7 Å². The second-order valence-electron chi connectivity index (χ2n) is 5.04. The van der Waals surface area contributed by atoms with Crippen LogP contribution in [0.3, 0.4) is 0 Å². The van der Waals surface area contributed by atoms with Crippen LogP contribution in [-0.2, 0) is 16.2 Å². The predicted octanol–water partition coefficient (Wildman–Crippen LogP) is 1.99. The molecule has 0 heterocycles. The van der Waals surface area contributed by atoms with Crippen LogP contribution in [0.2, 0.25) is 0 Å². The number of carbonyl (C=O) groups is 2. The average Bonchev–Trinajstić information content (AvgIpc) is 2.62. The lowest BCUT2D eigenvalue weighted by atomic mass is 10.2. The molecule has 2 rings (SSSR count). The van der Waals surface area contributed by atoms with Gasteiger partial charge in [0.05, 0.1) is 6.21 Å². The zero-order chi connectivity index (χ0) is 18.1. The van der Waals surface area contributed by atoms with Crippen LogP contribution in [0.25, 0.3) is 0 Å². The molecule has 25 heavy (non-hydrogen) atoms. The van der Waals surface area contributed by atoms with Gasteiger partial charge in [0.15, 0.2) is 0 Å². The van der Waals surface area contributed by atoms with Crippen molar-refractivity contribution in [2.75, 3.05) is 6.54 Å². The fourth-order valence-electron chi connectivity index (χ4n) is 1.85. The molecular weight excluding hydrogens is 325 g/mol. The fraction of sp³-hybridized carbons (Fsp3) is 0.167. The SMILES string of the molecule is CCNC(=O)C(=O)N/N=C\c1ccc(OCc2ccc(F)cc2)cc1. The summed E-state index contributed by atoms with van der Waals surface area (Å²) in [5.41, 5.74) is 3.73. The number of nitrogens with zero attached hydrogens (tertiary/aromatic N) is 1. The topological polar surface area (TPSA) is 79.8 Å². The molecule has 0 radical (unpaired) electrons. The number of ether oxygens (including phenoxy) is 1. The summed E-state index contributed by atoms with van der Waals surface area (Å²) in [6.45, 7) is 2.42. The molecule has 0 fully saturated rings. The van der Waals surface area contributed by atoms with Gasteiger partial charge in [-0.05, 0) is 54.4 Å². The third-order valence-corrected chi connectivity index (χ3v) is 3.12. The van der Waals surface area contributed by atoms with Crippen molar-refractivity contribution in [2.24, 2.45) is 5.10 Å². The standard InChI is InChI=1S/C18H18FN3O3/c1-2-20-17(23)18(24)22-21-11-13-5-9-16(10-6-13)25-12-14-3-7-15(19)8-4-14/h3-11H,2,12H2,1H3,(H,20,23)(H,22,24)/b21-11-. The van der Waals surface area contributed by atoms with E-state index in [2.05, 4.69) is 15.8 Å². The van der Waals surface area contributed by atoms with E-state index < -0.39 is 11.8 Å². The van der Waals surface area contributed by atoms with Crippen LogP contribution in [0, 0.1) is 5.82 Å². The zero-order valence-corrected chi connectivity index (χ0v) is 13.7. The Hall–Kier alpha value is -3.22. The maximum Gasteiger partial charge on any atom is 0.329 e. The molecule has 0 aliphatic heterocycles. The van der Waals surface area contributed by atoms with E-state index in [0.717, 1.165) is 11.1 Å². The third-order valence-electron chi connectivity index (χ3n) is 3.12. The number of amides is 2. The average molecular weight is 343 g/mol. The van der Waals surface area contributed by atoms with E-state index in [1.807, 2.05) is 0 Å². The van der Waals surface area contributed by atoms with Gasteiger partial charge in [0.25, 0.3) is 0 Å². The molecule has 7 heteroatoms. The molecular formula is C18H18FN3O3. The first-order valence-corrected chi connectivity index (χ1v) is 7.67. The highest BCUT2D eigenvalue weighted by molar-refractivity contribution is 6.35. The van der Waals surface area contributed by atoms with Gasteiger partial charge < -0.3 is 10.1 Å². The Labute approximate surface area is 144 Å². The van der Waals surface area contributed by atoms with Gasteiger partial charge in [-0.15, -0.1) is 0 Å². The highest BCUT2D eigenvalue weighted by atomic mass is 19.1. The molecule has 0 atom stereocenters. The molecule has 0 spiro atoms. The summed E-state index contributed by atoms with van der Waals surface area (Å²) >= 11 is 0. The van der Waals surface area contributed by atoms with Crippen molar-refractivity contribution in [3.05, 3.63) is 65.5 Å². The summed E-state index contributed by atoms with van der Waals surface area (Å²) in [5, 5.41) is 6.08. The van der Waals surface area contributed by atoms with Crippen LogP contribution >= 0.6 is 0 Å². The van der Waals surface area contributed by atoms with Crippen molar-refractivity contribution in [3.63, 3.8) is 0 Å². The molecule has 130 valence electrons. The molecule has 6 nitrogen and oxygen atoms in total. The Morgan fingerprint density at radius 2 is 1.76 bits per heavy atom. The summed E-state index contributed by atoms with van der Waals surface area (Å²) in [6.07, 6.45) is 1.42. The van der Waals surface area contributed by atoms with E-state index in [-0.39, 0.29) is 5.82 Å². The zero-order valence-electron chi connectivity index (χ0n) is 13.7. The number of benzene rings is 2. The normalized spacial score (nSPS) is 10.5. The Balaban J connectivity index is 1.83. The Morgan fingerprint density at radius 3 is 2.40 bits per heavy atom. The van der Waals surface area contributed by atoms with Gasteiger partial charge >= 0.3 is 11.8 Å². The minimum absolute atomic E-state index is 0.286. The quantitative estimate of drug-likeness (QED) is 0.478. The maximum atomic E-state index is 12.8. The number of halogens is 1. The smallest absolute Gasteiger partial charge is 0.329 e. The predicted molar refractivity (Wildman–Crippen MR) is 91.6 cm³/mol. The van der Waals surface area contributed by atoms with Crippen molar-refractivity contribution in [2.45, 2.75) is 13.5 Å². The summed E-state index contributed by atoms with van der Waals surface area (Å²) in [4.78, 5) is 22.5.